The van der Waals surface area contributed by atoms with Crippen molar-refractivity contribution in [1.29, 1.82) is 0 Å². The molecule has 7 heteroatoms. The van der Waals surface area contributed by atoms with Gasteiger partial charge < -0.3 is 10.6 Å². The molecule has 25 heavy (non-hydrogen) atoms. The van der Waals surface area contributed by atoms with Crippen molar-refractivity contribution in [2.45, 2.75) is 26.3 Å². The molecule has 1 unspecified atom stereocenters. The summed E-state index contributed by atoms with van der Waals surface area (Å²) < 4.78 is 14.1. The molecule has 6 nitrogen and oxygen atoms in total. The number of nitrogens with two attached hydrogens (primary N) is 1. The third-order valence-corrected chi connectivity index (χ3v) is 4.09. The van der Waals surface area contributed by atoms with Crippen LogP contribution in [0.15, 0.2) is 41.2 Å². The second-order valence-corrected chi connectivity index (χ2v) is 6.37. The van der Waals surface area contributed by atoms with Crippen LogP contribution in [0.25, 0.3) is 5.69 Å². The van der Waals surface area contributed by atoms with Gasteiger partial charge in [0.25, 0.3) is 11.5 Å². The predicted octanol–water partition coefficient (Wildman–Crippen LogP) is 1.82. The van der Waals surface area contributed by atoms with Gasteiger partial charge in [-0.2, -0.15) is 9.78 Å². The SMILES string of the molecule is CC(C)C(N)CCN(C)C(=O)c1ccc(=O)n(-c2ccc(F)cc2)n1. The lowest BCUT2D eigenvalue weighted by atomic mass is 10.0. The van der Waals surface area contributed by atoms with E-state index in [-0.39, 0.29) is 17.6 Å². The van der Waals surface area contributed by atoms with Crippen LogP contribution >= 0.6 is 0 Å². The monoisotopic (exact) mass is 346 g/mol. The fraction of sp³-hybridized carbons (Fsp3) is 0.389. The quantitative estimate of drug-likeness (QED) is 0.865. The van der Waals surface area contributed by atoms with E-state index in [9.17, 15) is 14.0 Å². The smallest absolute Gasteiger partial charge is 0.274 e. The first-order valence-corrected chi connectivity index (χ1v) is 8.17. The van der Waals surface area contributed by atoms with E-state index < -0.39 is 11.4 Å². The molecule has 1 aromatic heterocycles. The van der Waals surface area contributed by atoms with E-state index in [1.807, 2.05) is 13.8 Å². The highest BCUT2D eigenvalue weighted by Crippen LogP contribution is 2.08. The molecule has 0 spiro atoms. The van der Waals surface area contributed by atoms with Crippen molar-refractivity contribution in [3.05, 3.63) is 58.3 Å². The summed E-state index contributed by atoms with van der Waals surface area (Å²) in [4.78, 5) is 26.1. The maximum absolute atomic E-state index is 13.0. The molecule has 1 atom stereocenters. The van der Waals surface area contributed by atoms with Gasteiger partial charge in [0.1, 0.15) is 11.5 Å². The second-order valence-electron chi connectivity index (χ2n) is 6.37. The van der Waals surface area contributed by atoms with E-state index in [0.29, 0.717) is 24.6 Å². The van der Waals surface area contributed by atoms with Crippen molar-refractivity contribution in [3.8, 4) is 5.69 Å². The van der Waals surface area contributed by atoms with Gasteiger partial charge in [0.05, 0.1) is 5.69 Å². The van der Waals surface area contributed by atoms with Gasteiger partial charge in [-0.25, -0.2) is 4.39 Å². The van der Waals surface area contributed by atoms with Crippen molar-refractivity contribution < 1.29 is 9.18 Å². The normalized spacial score (nSPS) is 12.2. The average Bonchev–Trinajstić information content (AvgIpc) is 2.59. The molecule has 1 amide bonds. The maximum Gasteiger partial charge on any atom is 0.274 e. The zero-order valence-corrected chi connectivity index (χ0v) is 14.6. The number of carbonyl (C=O) groups excluding carboxylic acids is 1. The number of aromatic nitrogens is 2. The summed E-state index contributed by atoms with van der Waals surface area (Å²) in [5, 5.41) is 4.11. The molecule has 0 fully saturated rings. The largest absolute Gasteiger partial charge is 0.340 e. The molecule has 0 aliphatic rings. The Labute approximate surface area is 146 Å². The van der Waals surface area contributed by atoms with E-state index in [0.717, 1.165) is 4.68 Å². The van der Waals surface area contributed by atoms with Crippen LogP contribution in [0, 0.1) is 11.7 Å². The Balaban J connectivity index is 2.19. The first-order chi connectivity index (χ1) is 11.8. The van der Waals surface area contributed by atoms with E-state index in [1.165, 1.54) is 41.3 Å². The lowest BCUT2D eigenvalue weighted by molar-refractivity contribution is 0.0781. The molecule has 0 bridgehead atoms. The van der Waals surface area contributed by atoms with Crippen LogP contribution in [0.5, 0.6) is 0 Å². The number of amides is 1. The molecular formula is C18H23FN4O2. The Hall–Kier alpha value is -2.54. The highest BCUT2D eigenvalue weighted by atomic mass is 19.1. The highest BCUT2D eigenvalue weighted by molar-refractivity contribution is 5.91. The summed E-state index contributed by atoms with van der Waals surface area (Å²) in [6.07, 6.45) is 0.678. The second kappa shape index (κ2) is 8.02. The van der Waals surface area contributed by atoms with E-state index in [1.54, 1.807) is 7.05 Å². The molecular weight excluding hydrogens is 323 g/mol. The van der Waals surface area contributed by atoms with Gasteiger partial charge in [-0.3, -0.25) is 9.59 Å². The minimum Gasteiger partial charge on any atom is -0.340 e. The van der Waals surface area contributed by atoms with Crippen molar-refractivity contribution in [2.24, 2.45) is 11.7 Å². The van der Waals surface area contributed by atoms with Crippen molar-refractivity contribution >= 4 is 5.91 Å². The minimum atomic E-state index is -0.412. The van der Waals surface area contributed by atoms with Crippen LogP contribution in [0.4, 0.5) is 4.39 Å². The third kappa shape index (κ3) is 4.73. The number of halogens is 1. The molecule has 1 aromatic carbocycles. The molecule has 0 saturated carbocycles. The molecule has 1 heterocycles. The Kier molecular flexibility index (Phi) is 6.03. The first-order valence-electron chi connectivity index (χ1n) is 8.17. The Morgan fingerprint density at radius 1 is 1.24 bits per heavy atom. The number of benzene rings is 1. The summed E-state index contributed by atoms with van der Waals surface area (Å²) in [6.45, 7) is 4.56. The molecule has 2 N–H and O–H groups in total. The van der Waals surface area contributed by atoms with Crippen LogP contribution in [0.1, 0.15) is 30.8 Å². The van der Waals surface area contributed by atoms with Gasteiger partial charge in [-0.05, 0) is 42.7 Å². The van der Waals surface area contributed by atoms with Crippen LogP contribution in [0.3, 0.4) is 0 Å². The minimum absolute atomic E-state index is 0.0105. The van der Waals surface area contributed by atoms with Gasteiger partial charge in [0, 0.05) is 25.7 Å². The molecule has 0 aliphatic heterocycles. The lowest BCUT2D eigenvalue weighted by Crippen LogP contribution is -2.35. The number of hydrogen-bond acceptors (Lipinski definition) is 4. The fourth-order valence-electron chi connectivity index (χ4n) is 2.27. The Morgan fingerprint density at radius 3 is 2.48 bits per heavy atom. The van der Waals surface area contributed by atoms with Gasteiger partial charge in [-0.15, -0.1) is 0 Å². The Bertz CT molecular complexity index is 786. The van der Waals surface area contributed by atoms with Gasteiger partial charge >= 0.3 is 0 Å². The zero-order valence-electron chi connectivity index (χ0n) is 14.6. The third-order valence-electron chi connectivity index (χ3n) is 4.09. The van der Waals surface area contributed by atoms with Crippen LogP contribution in [-0.4, -0.2) is 40.2 Å². The summed E-state index contributed by atoms with van der Waals surface area (Å²) in [6, 6.07) is 8.01. The highest BCUT2D eigenvalue weighted by Gasteiger charge is 2.17. The van der Waals surface area contributed by atoms with Gasteiger partial charge in [-0.1, -0.05) is 13.8 Å². The summed E-state index contributed by atoms with van der Waals surface area (Å²) in [7, 11) is 1.67. The summed E-state index contributed by atoms with van der Waals surface area (Å²) in [5.74, 6) is -0.376. The fourth-order valence-corrected chi connectivity index (χ4v) is 2.27. The molecule has 0 radical (unpaired) electrons. The van der Waals surface area contributed by atoms with Gasteiger partial charge in [0.15, 0.2) is 0 Å². The summed E-state index contributed by atoms with van der Waals surface area (Å²) >= 11 is 0. The summed E-state index contributed by atoms with van der Waals surface area (Å²) in [5.41, 5.74) is 6.15. The van der Waals surface area contributed by atoms with Crippen LogP contribution < -0.4 is 11.3 Å². The standard InChI is InChI=1S/C18H23FN4O2/c1-12(2)15(20)10-11-22(3)18(25)16-8-9-17(24)23(21-16)14-6-4-13(19)5-7-14/h4-9,12,15H,10-11,20H2,1-3H3. The van der Waals surface area contributed by atoms with E-state index >= 15 is 0 Å². The Morgan fingerprint density at radius 2 is 1.88 bits per heavy atom. The number of nitrogens with zero attached hydrogens (tertiary/aromatic N) is 3. The predicted molar refractivity (Wildman–Crippen MR) is 94.2 cm³/mol. The molecule has 0 saturated heterocycles. The first kappa shape index (κ1) is 18.8. The van der Waals surface area contributed by atoms with E-state index in [4.69, 9.17) is 5.73 Å². The lowest BCUT2D eigenvalue weighted by Gasteiger charge is -2.21. The van der Waals surface area contributed by atoms with Crippen LogP contribution in [0.2, 0.25) is 0 Å². The van der Waals surface area contributed by atoms with E-state index in [2.05, 4.69) is 5.10 Å². The number of hydrogen-bond donors (Lipinski definition) is 1. The molecule has 2 rings (SSSR count). The van der Waals surface area contributed by atoms with Gasteiger partial charge in [0.2, 0.25) is 0 Å². The van der Waals surface area contributed by atoms with Crippen LogP contribution in [-0.2, 0) is 0 Å². The van der Waals surface area contributed by atoms with Crippen molar-refractivity contribution in [2.75, 3.05) is 13.6 Å². The molecule has 0 aliphatic carbocycles. The number of carbonyl (C=O) groups is 1. The van der Waals surface area contributed by atoms with Crippen molar-refractivity contribution in [1.82, 2.24) is 14.7 Å². The van der Waals surface area contributed by atoms with Crippen molar-refractivity contribution in [3.63, 3.8) is 0 Å². The topological polar surface area (TPSA) is 81.2 Å². The zero-order chi connectivity index (χ0) is 18.6. The molecule has 2 aromatic rings. The maximum atomic E-state index is 13.0. The number of rotatable bonds is 6. The average molecular weight is 346 g/mol. The molecule has 134 valence electrons.